The third-order valence-electron chi connectivity index (χ3n) is 3.02. The third kappa shape index (κ3) is 2.28. The Hall–Kier alpha value is -1.33. The van der Waals surface area contributed by atoms with E-state index in [-0.39, 0.29) is 0 Å². The van der Waals surface area contributed by atoms with E-state index in [1.54, 1.807) is 17.5 Å². The summed E-state index contributed by atoms with van der Waals surface area (Å²) in [5.41, 5.74) is 2.22. The highest BCUT2D eigenvalue weighted by molar-refractivity contribution is 7.15. The van der Waals surface area contributed by atoms with Crippen LogP contribution in [0.15, 0.2) is 12.3 Å². The van der Waals surface area contributed by atoms with Gasteiger partial charge in [0.25, 0.3) is 0 Å². The average molecular weight is 260 g/mol. The topological polar surface area (TPSA) is 50.7 Å². The zero-order valence-electron chi connectivity index (χ0n) is 10.6. The molecule has 1 aliphatic carbocycles. The highest BCUT2D eigenvalue weighted by Crippen LogP contribution is 2.43. The molecule has 0 aliphatic heterocycles. The van der Waals surface area contributed by atoms with Gasteiger partial charge in [0.05, 0.1) is 5.69 Å². The fourth-order valence-corrected chi connectivity index (χ4v) is 3.14. The molecule has 2 heterocycles. The van der Waals surface area contributed by atoms with E-state index in [1.165, 1.54) is 23.4 Å². The minimum atomic E-state index is 0.682. The molecule has 5 heteroatoms. The van der Waals surface area contributed by atoms with E-state index < -0.39 is 0 Å². The first-order valence-corrected chi connectivity index (χ1v) is 7.04. The molecule has 4 nitrogen and oxygen atoms in total. The van der Waals surface area contributed by atoms with Gasteiger partial charge in [0.2, 0.25) is 0 Å². The second-order valence-corrected chi connectivity index (χ2v) is 5.70. The summed E-state index contributed by atoms with van der Waals surface area (Å²) in [6.45, 7) is 2.81. The third-order valence-corrected chi connectivity index (χ3v) is 4.12. The van der Waals surface area contributed by atoms with Crippen LogP contribution in [0.25, 0.3) is 10.7 Å². The standard InChI is InChI=1S/C13H16N4S/c1-8-15-6-5-10(16-8)13-17-12(9-3-4-9)11(18-13)7-14-2/h5-6,9,14H,3-4,7H2,1-2H3. The molecule has 3 rings (SSSR count). The fraction of sp³-hybridized carbons (Fsp3) is 0.462. The number of nitrogens with zero attached hydrogens (tertiary/aromatic N) is 3. The van der Waals surface area contributed by atoms with Crippen LogP contribution >= 0.6 is 11.3 Å². The van der Waals surface area contributed by atoms with Crippen LogP contribution in [0.4, 0.5) is 0 Å². The molecule has 0 amide bonds. The van der Waals surface area contributed by atoms with Crippen molar-refractivity contribution in [1.29, 1.82) is 0 Å². The van der Waals surface area contributed by atoms with E-state index in [0.717, 1.165) is 23.1 Å². The Morgan fingerprint density at radius 1 is 1.39 bits per heavy atom. The van der Waals surface area contributed by atoms with Crippen LogP contribution in [-0.4, -0.2) is 22.0 Å². The highest BCUT2D eigenvalue weighted by atomic mass is 32.1. The molecular formula is C13H16N4S. The molecule has 0 radical (unpaired) electrons. The number of aromatic nitrogens is 3. The van der Waals surface area contributed by atoms with Crippen molar-refractivity contribution in [3.8, 4) is 10.7 Å². The Bertz CT molecular complexity index is 560. The molecule has 1 N–H and O–H groups in total. The van der Waals surface area contributed by atoms with E-state index in [1.807, 2.05) is 20.0 Å². The molecular weight excluding hydrogens is 244 g/mol. The van der Waals surface area contributed by atoms with E-state index in [2.05, 4.69) is 15.3 Å². The summed E-state index contributed by atoms with van der Waals surface area (Å²) >= 11 is 1.75. The molecule has 94 valence electrons. The SMILES string of the molecule is CNCc1sc(-c2ccnc(C)n2)nc1C1CC1. The first-order chi connectivity index (χ1) is 8.78. The van der Waals surface area contributed by atoms with Crippen molar-refractivity contribution in [2.45, 2.75) is 32.2 Å². The van der Waals surface area contributed by atoms with Crippen molar-refractivity contribution in [1.82, 2.24) is 20.3 Å². The molecule has 0 atom stereocenters. The second-order valence-electron chi connectivity index (χ2n) is 4.62. The molecule has 1 fully saturated rings. The van der Waals surface area contributed by atoms with Crippen molar-refractivity contribution in [3.05, 3.63) is 28.7 Å². The summed E-state index contributed by atoms with van der Waals surface area (Å²) in [4.78, 5) is 14.7. The van der Waals surface area contributed by atoms with Gasteiger partial charge in [-0.25, -0.2) is 15.0 Å². The van der Waals surface area contributed by atoms with Crippen LogP contribution in [0.3, 0.4) is 0 Å². The van der Waals surface area contributed by atoms with Gasteiger partial charge in [-0.1, -0.05) is 0 Å². The molecule has 0 bridgehead atoms. The van der Waals surface area contributed by atoms with E-state index in [0.29, 0.717) is 5.92 Å². The van der Waals surface area contributed by atoms with Crippen LogP contribution < -0.4 is 5.32 Å². The fourth-order valence-electron chi connectivity index (χ4n) is 2.01. The zero-order valence-corrected chi connectivity index (χ0v) is 11.4. The maximum absolute atomic E-state index is 4.79. The van der Waals surface area contributed by atoms with Gasteiger partial charge in [0.15, 0.2) is 0 Å². The van der Waals surface area contributed by atoms with Crippen LogP contribution in [0.1, 0.15) is 35.2 Å². The normalized spacial score (nSPS) is 15.0. The Kier molecular flexibility index (Phi) is 3.09. The minimum absolute atomic E-state index is 0.682. The van der Waals surface area contributed by atoms with Crippen molar-refractivity contribution in [2.24, 2.45) is 0 Å². The van der Waals surface area contributed by atoms with Gasteiger partial charge >= 0.3 is 0 Å². The van der Waals surface area contributed by atoms with E-state index in [9.17, 15) is 0 Å². The molecule has 1 saturated carbocycles. The number of aryl methyl sites for hydroxylation is 1. The van der Waals surface area contributed by atoms with Crippen LogP contribution in [-0.2, 0) is 6.54 Å². The van der Waals surface area contributed by atoms with Gasteiger partial charge in [0.1, 0.15) is 16.5 Å². The minimum Gasteiger partial charge on any atom is -0.315 e. The van der Waals surface area contributed by atoms with Gasteiger partial charge in [-0.15, -0.1) is 11.3 Å². The van der Waals surface area contributed by atoms with Gasteiger partial charge in [-0.05, 0) is 32.9 Å². The average Bonchev–Trinajstić information content (AvgIpc) is 3.12. The summed E-state index contributed by atoms with van der Waals surface area (Å²) in [5, 5.41) is 4.24. The predicted octanol–water partition coefficient (Wildman–Crippen LogP) is 2.51. The van der Waals surface area contributed by atoms with Gasteiger partial charge in [-0.2, -0.15) is 0 Å². The van der Waals surface area contributed by atoms with Crippen molar-refractivity contribution in [2.75, 3.05) is 7.05 Å². The molecule has 2 aromatic heterocycles. The second kappa shape index (κ2) is 4.74. The molecule has 2 aromatic rings. The lowest BCUT2D eigenvalue weighted by molar-refractivity contribution is 0.813. The molecule has 18 heavy (non-hydrogen) atoms. The summed E-state index contributed by atoms with van der Waals surface area (Å²) in [7, 11) is 1.98. The molecule has 0 aromatic carbocycles. The lowest BCUT2D eigenvalue weighted by atomic mass is 10.2. The summed E-state index contributed by atoms with van der Waals surface area (Å²) in [6, 6.07) is 1.94. The largest absolute Gasteiger partial charge is 0.315 e. The maximum Gasteiger partial charge on any atom is 0.142 e. The molecule has 1 aliphatic rings. The Balaban J connectivity index is 1.99. The van der Waals surface area contributed by atoms with Crippen molar-refractivity contribution in [3.63, 3.8) is 0 Å². The molecule has 0 unspecified atom stereocenters. The number of rotatable bonds is 4. The Morgan fingerprint density at radius 2 is 2.22 bits per heavy atom. The lowest BCUT2D eigenvalue weighted by Gasteiger charge is -1.97. The first kappa shape index (κ1) is 11.7. The number of nitrogens with one attached hydrogen (secondary N) is 1. The quantitative estimate of drug-likeness (QED) is 0.917. The summed E-state index contributed by atoms with van der Waals surface area (Å²) in [6.07, 6.45) is 4.36. The lowest BCUT2D eigenvalue weighted by Crippen LogP contribution is -2.05. The number of thiazole rings is 1. The van der Waals surface area contributed by atoms with Crippen molar-refractivity contribution < 1.29 is 0 Å². The van der Waals surface area contributed by atoms with Gasteiger partial charge in [0, 0.05) is 23.5 Å². The molecule has 0 saturated heterocycles. The number of hydrogen-bond acceptors (Lipinski definition) is 5. The van der Waals surface area contributed by atoms with Crippen LogP contribution in [0.2, 0.25) is 0 Å². The summed E-state index contributed by atoms with van der Waals surface area (Å²) < 4.78 is 0. The van der Waals surface area contributed by atoms with E-state index >= 15 is 0 Å². The molecule has 0 spiro atoms. The van der Waals surface area contributed by atoms with Gasteiger partial charge in [-0.3, -0.25) is 0 Å². The highest BCUT2D eigenvalue weighted by Gasteiger charge is 2.29. The van der Waals surface area contributed by atoms with E-state index in [4.69, 9.17) is 4.98 Å². The monoisotopic (exact) mass is 260 g/mol. The smallest absolute Gasteiger partial charge is 0.142 e. The Labute approximate surface area is 111 Å². The van der Waals surface area contributed by atoms with Crippen molar-refractivity contribution >= 4 is 11.3 Å². The first-order valence-electron chi connectivity index (χ1n) is 6.22. The van der Waals surface area contributed by atoms with Crippen LogP contribution in [0, 0.1) is 6.92 Å². The Morgan fingerprint density at radius 3 is 2.89 bits per heavy atom. The zero-order chi connectivity index (χ0) is 12.5. The van der Waals surface area contributed by atoms with Crippen LogP contribution in [0.5, 0.6) is 0 Å². The van der Waals surface area contributed by atoms with Gasteiger partial charge < -0.3 is 5.32 Å². The summed E-state index contributed by atoms with van der Waals surface area (Å²) in [5.74, 6) is 1.48. The maximum atomic E-state index is 4.79. The predicted molar refractivity (Wildman–Crippen MR) is 72.6 cm³/mol. The number of hydrogen-bond donors (Lipinski definition) is 1.